The third kappa shape index (κ3) is 2.55. The van der Waals surface area contributed by atoms with Crippen molar-refractivity contribution in [1.29, 1.82) is 0 Å². The van der Waals surface area contributed by atoms with Gasteiger partial charge in [-0.25, -0.2) is 4.98 Å². The van der Waals surface area contributed by atoms with Crippen LogP contribution in [-0.4, -0.2) is 9.97 Å². The van der Waals surface area contributed by atoms with Gasteiger partial charge in [0.05, 0.1) is 16.6 Å². The van der Waals surface area contributed by atoms with Crippen LogP contribution >= 0.6 is 23.2 Å². The first kappa shape index (κ1) is 13.2. The van der Waals surface area contributed by atoms with Gasteiger partial charge in [-0.15, -0.1) is 11.6 Å². The van der Waals surface area contributed by atoms with E-state index in [-0.39, 0.29) is 5.88 Å². The number of hydrogen-bond acceptors (Lipinski definition) is 3. The summed E-state index contributed by atoms with van der Waals surface area (Å²) in [6, 6.07) is 13.0. The van der Waals surface area contributed by atoms with E-state index in [9.17, 15) is 0 Å². The van der Waals surface area contributed by atoms with Gasteiger partial charge in [0.1, 0.15) is 5.52 Å². The zero-order valence-corrected chi connectivity index (χ0v) is 11.9. The minimum absolute atomic E-state index is 0.240. The largest absolute Gasteiger partial charge is 0.437 e. The fourth-order valence-corrected chi connectivity index (χ4v) is 2.33. The van der Waals surface area contributed by atoms with E-state index in [1.807, 2.05) is 30.3 Å². The van der Waals surface area contributed by atoms with Gasteiger partial charge in [0, 0.05) is 17.6 Å². The molecule has 0 aliphatic carbocycles. The van der Waals surface area contributed by atoms with Crippen LogP contribution < -0.4 is 4.74 Å². The van der Waals surface area contributed by atoms with Crippen LogP contribution in [0.3, 0.4) is 0 Å². The second-order valence-corrected chi connectivity index (χ2v) is 4.82. The van der Waals surface area contributed by atoms with Gasteiger partial charge in [0.15, 0.2) is 5.75 Å². The predicted octanol–water partition coefficient (Wildman–Crippen LogP) is 4.81. The molecule has 0 saturated carbocycles. The Hall–Kier alpha value is -1.84. The number of benzene rings is 1. The van der Waals surface area contributed by atoms with E-state index in [2.05, 4.69) is 9.97 Å². The Morgan fingerprint density at radius 3 is 2.75 bits per heavy atom. The summed E-state index contributed by atoms with van der Waals surface area (Å²) in [6.07, 6.45) is 1.73. The topological polar surface area (TPSA) is 35.0 Å². The first-order valence-electron chi connectivity index (χ1n) is 6.01. The number of pyridine rings is 2. The molecule has 3 rings (SSSR count). The molecule has 2 aromatic heterocycles. The molecule has 5 heteroatoms. The molecule has 2 heterocycles. The first-order valence-corrected chi connectivity index (χ1v) is 6.92. The van der Waals surface area contributed by atoms with Crippen LogP contribution in [0.1, 0.15) is 5.69 Å². The van der Waals surface area contributed by atoms with Gasteiger partial charge in [-0.1, -0.05) is 29.8 Å². The molecule has 0 spiro atoms. The van der Waals surface area contributed by atoms with Gasteiger partial charge >= 0.3 is 0 Å². The molecular formula is C15H10Cl2N2O. The van der Waals surface area contributed by atoms with Crippen LogP contribution in [0.5, 0.6) is 11.6 Å². The highest BCUT2D eigenvalue weighted by molar-refractivity contribution is 6.32. The standard InChI is InChI=1S/C15H10Cl2N2O/c16-9-12-11(17)6-7-14(19-12)20-13-5-1-3-10-4-2-8-18-15(10)13/h1-8H,9H2. The van der Waals surface area contributed by atoms with Crippen molar-refractivity contribution in [3.63, 3.8) is 0 Å². The second-order valence-electron chi connectivity index (χ2n) is 4.14. The van der Waals surface area contributed by atoms with Crippen molar-refractivity contribution < 1.29 is 4.74 Å². The van der Waals surface area contributed by atoms with Gasteiger partial charge in [-0.2, -0.15) is 0 Å². The number of rotatable bonds is 3. The van der Waals surface area contributed by atoms with Crippen LogP contribution in [0.15, 0.2) is 48.7 Å². The average molecular weight is 305 g/mol. The number of para-hydroxylation sites is 1. The maximum atomic E-state index is 5.98. The van der Waals surface area contributed by atoms with Gasteiger partial charge in [0.2, 0.25) is 5.88 Å². The molecule has 0 saturated heterocycles. The number of hydrogen-bond donors (Lipinski definition) is 0. The maximum absolute atomic E-state index is 5.98. The zero-order valence-electron chi connectivity index (χ0n) is 10.4. The molecular weight excluding hydrogens is 295 g/mol. The number of nitrogens with zero attached hydrogens (tertiary/aromatic N) is 2. The molecule has 100 valence electrons. The predicted molar refractivity (Wildman–Crippen MR) is 80.6 cm³/mol. The lowest BCUT2D eigenvalue weighted by Gasteiger charge is -2.08. The van der Waals surface area contributed by atoms with Crippen LogP contribution in [0.25, 0.3) is 10.9 Å². The third-order valence-electron chi connectivity index (χ3n) is 2.83. The number of aromatic nitrogens is 2. The van der Waals surface area contributed by atoms with E-state index in [4.69, 9.17) is 27.9 Å². The quantitative estimate of drug-likeness (QED) is 0.651. The Kier molecular flexibility index (Phi) is 3.72. The summed E-state index contributed by atoms with van der Waals surface area (Å²) in [5.41, 5.74) is 1.39. The third-order valence-corrected chi connectivity index (χ3v) is 3.43. The monoisotopic (exact) mass is 304 g/mol. The van der Waals surface area contributed by atoms with Crippen LogP contribution in [0.2, 0.25) is 5.02 Å². The Labute approximate surface area is 126 Å². The molecule has 20 heavy (non-hydrogen) atoms. The van der Waals surface area contributed by atoms with Crippen molar-refractivity contribution in [3.8, 4) is 11.6 Å². The van der Waals surface area contributed by atoms with E-state index in [1.54, 1.807) is 18.3 Å². The minimum atomic E-state index is 0.240. The molecule has 3 nitrogen and oxygen atoms in total. The average Bonchev–Trinajstić information content (AvgIpc) is 2.49. The van der Waals surface area contributed by atoms with E-state index >= 15 is 0 Å². The fourth-order valence-electron chi connectivity index (χ4n) is 1.89. The van der Waals surface area contributed by atoms with E-state index < -0.39 is 0 Å². The lowest BCUT2D eigenvalue weighted by molar-refractivity contribution is 0.465. The maximum Gasteiger partial charge on any atom is 0.219 e. The molecule has 0 fully saturated rings. The molecule has 0 aliphatic heterocycles. The summed E-state index contributed by atoms with van der Waals surface area (Å²) >= 11 is 11.8. The van der Waals surface area contributed by atoms with Crippen molar-refractivity contribution in [2.75, 3.05) is 0 Å². The van der Waals surface area contributed by atoms with Crippen molar-refractivity contribution >= 4 is 34.1 Å². The van der Waals surface area contributed by atoms with Crippen molar-refractivity contribution in [1.82, 2.24) is 9.97 Å². The van der Waals surface area contributed by atoms with Gasteiger partial charge in [-0.3, -0.25) is 4.98 Å². The number of alkyl halides is 1. The lowest BCUT2D eigenvalue weighted by Crippen LogP contribution is -1.93. The molecule has 0 radical (unpaired) electrons. The highest BCUT2D eigenvalue weighted by Crippen LogP contribution is 2.28. The Morgan fingerprint density at radius 2 is 1.90 bits per heavy atom. The molecule has 0 unspecified atom stereocenters. The molecule has 0 amide bonds. The normalized spacial score (nSPS) is 10.7. The molecule has 1 aromatic carbocycles. The number of ether oxygens (including phenoxy) is 1. The fraction of sp³-hybridized carbons (Fsp3) is 0.0667. The zero-order chi connectivity index (χ0) is 13.9. The minimum Gasteiger partial charge on any atom is -0.437 e. The summed E-state index contributed by atoms with van der Waals surface area (Å²) < 4.78 is 5.80. The highest BCUT2D eigenvalue weighted by Gasteiger charge is 2.07. The van der Waals surface area contributed by atoms with Crippen molar-refractivity contribution in [2.24, 2.45) is 0 Å². The summed E-state index contributed by atoms with van der Waals surface area (Å²) in [4.78, 5) is 8.61. The van der Waals surface area contributed by atoms with Crippen LogP contribution in [0, 0.1) is 0 Å². The highest BCUT2D eigenvalue weighted by atomic mass is 35.5. The molecule has 3 aromatic rings. The van der Waals surface area contributed by atoms with E-state index in [0.29, 0.717) is 22.3 Å². The Bertz CT molecular complexity index is 756. The number of fused-ring (bicyclic) bond motifs is 1. The molecule has 0 bridgehead atoms. The molecule has 0 atom stereocenters. The SMILES string of the molecule is ClCc1nc(Oc2cccc3cccnc23)ccc1Cl. The van der Waals surface area contributed by atoms with E-state index in [1.165, 1.54) is 0 Å². The number of halogens is 2. The smallest absolute Gasteiger partial charge is 0.219 e. The van der Waals surface area contributed by atoms with Crippen molar-refractivity contribution in [3.05, 3.63) is 59.4 Å². The summed E-state index contributed by atoms with van der Waals surface area (Å²) in [5.74, 6) is 1.34. The summed E-state index contributed by atoms with van der Waals surface area (Å²) in [7, 11) is 0. The van der Waals surface area contributed by atoms with Crippen LogP contribution in [-0.2, 0) is 5.88 Å². The van der Waals surface area contributed by atoms with Gasteiger partial charge in [-0.05, 0) is 18.2 Å². The Morgan fingerprint density at radius 1 is 1.05 bits per heavy atom. The van der Waals surface area contributed by atoms with Crippen molar-refractivity contribution in [2.45, 2.75) is 5.88 Å². The van der Waals surface area contributed by atoms with Gasteiger partial charge < -0.3 is 4.74 Å². The van der Waals surface area contributed by atoms with E-state index in [0.717, 1.165) is 10.9 Å². The van der Waals surface area contributed by atoms with Crippen LogP contribution in [0.4, 0.5) is 0 Å². The van der Waals surface area contributed by atoms with Gasteiger partial charge in [0.25, 0.3) is 0 Å². The summed E-state index contributed by atoms with van der Waals surface area (Å²) in [5, 5.41) is 1.54. The first-order chi connectivity index (χ1) is 9.78. The lowest BCUT2D eigenvalue weighted by atomic mass is 10.2. The molecule has 0 aliphatic rings. The Balaban J connectivity index is 2.01. The molecule has 0 N–H and O–H groups in total. The summed E-state index contributed by atoms with van der Waals surface area (Å²) in [6.45, 7) is 0. The second kappa shape index (κ2) is 5.65.